The number of methoxy groups -OCH3 is 1. The molecule has 1 aromatic carbocycles. The molecule has 214 valence electrons. The summed E-state index contributed by atoms with van der Waals surface area (Å²) in [6, 6.07) is 5.47. The maximum Gasteiger partial charge on any atom is 0.227 e. The quantitative estimate of drug-likeness (QED) is 0.393. The number of benzene rings is 1. The van der Waals surface area contributed by atoms with Gasteiger partial charge in [0.25, 0.3) is 0 Å². The molecule has 0 spiro atoms. The summed E-state index contributed by atoms with van der Waals surface area (Å²) >= 11 is 0. The Morgan fingerprint density at radius 2 is 1.67 bits per heavy atom. The topological polar surface area (TPSA) is 56.8 Å². The van der Waals surface area contributed by atoms with E-state index in [0.717, 1.165) is 74.0 Å². The second kappa shape index (κ2) is 12.9. The van der Waals surface area contributed by atoms with E-state index in [0.29, 0.717) is 12.1 Å². The average Bonchev–Trinajstić information content (AvgIpc) is 3.45. The Bertz CT molecular complexity index is 1130. The Balaban J connectivity index is 1.46. The highest BCUT2D eigenvalue weighted by molar-refractivity contribution is 5.92. The lowest BCUT2D eigenvalue weighted by molar-refractivity contribution is 0.177. The van der Waals surface area contributed by atoms with Crippen LogP contribution in [-0.4, -0.2) is 84.8 Å². The minimum absolute atomic E-state index is 0.247. The van der Waals surface area contributed by atoms with Gasteiger partial charge in [0, 0.05) is 61.7 Å². The van der Waals surface area contributed by atoms with Crippen LogP contribution in [0.4, 0.5) is 11.8 Å². The van der Waals surface area contributed by atoms with Crippen LogP contribution in [0.2, 0.25) is 0 Å². The number of rotatable bonds is 9. The highest BCUT2D eigenvalue weighted by atomic mass is 16.5. The lowest BCUT2D eigenvalue weighted by Gasteiger charge is -2.35. The summed E-state index contributed by atoms with van der Waals surface area (Å²) in [6.45, 7) is 17.0. The number of aromatic nitrogens is 2. The number of hydrogen-bond acceptors (Lipinski definition) is 7. The number of nitrogens with zero attached hydrogens (tertiary/aromatic N) is 5. The smallest absolute Gasteiger partial charge is 0.227 e. The van der Waals surface area contributed by atoms with Gasteiger partial charge in [-0.15, -0.1) is 0 Å². The third-order valence-corrected chi connectivity index (χ3v) is 8.97. The van der Waals surface area contributed by atoms with Crippen LogP contribution in [0.1, 0.15) is 84.1 Å². The minimum atomic E-state index is 0.247. The summed E-state index contributed by atoms with van der Waals surface area (Å²) in [5.74, 6) is 3.00. The van der Waals surface area contributed by atoms with Gasteiger partial charge in [0.05, 0.1) is 12.6 Å². The minimum Gasteiger partial charge on any atom is -0.496 e. The third-order valence-electron chi connectivity index (χ3n) is 8.97. The monoisotopic (exact) mass is 534 g/mol. The van der Waals surface area contributed by atoms with Gasteiger partial charge in [0.15, 0.2) is 0 Å². The second-order valence-electron chi connectivity index (χ2n) is 12.4. The Morgan fingerprint density at radius 3 is 2.33 bits per heavy atom. The molecule has 0 amide bonds. The van der Waals surface area contributed by atoms with Crippen LogP contribution in [0.15, 0.2) is 23.8 Å². The highest BCUT2D eigenvalue weighted by Gasteiger charge is 2.24. The largest absolute Gasteiger partial charge is 0.496 e. The molecule has 1 aromatic heterocycles. The van der Waals surface area contributed by atoms with Crippen LogP contribution in [-0.2, 0) is 0 Å². The zero-order valence-electron chi connectivity index (χ0n) is 25.0. The summed E-state index contributed by atoms with van der Waals surface area (Å²) < 4.78 is 5.98. The number of anilines is 2. The van der Waals surface area contributed by atoms with Crippen LogP contribution in [0, 0.1) is 0 Å². The number of piperidine rings is 2. The Morgan fingerprint density at radius 1 is 0.974 bits per heavy atom. The van der Waals surface area contributed by atoms with Crippen LogP contribution in [0.3, 0.4) is 0 Å². The first-order chi connectivity index (χ1) is 18.9. The van der Waals surface area contributed by atoms with Gasteiger partial charge < -0.3 is 19.9 Å². The van der Waals surface area contributed by atoms with E-state index < -0.39 is 0 Å². The van der Waals surface area contributed by atoms with Crippen molar-refractivity contribution in [2.24, 2.45) is 0 Å². The van der Waals surface area contributed by atoms with Crippen molar-refractivity contribution < 1.29 is 4.74 Å². The molecule has 39 heavy (non-hydrogen) atoms. The Labute approximate surface area is 236 Å². The fourth-order valence-electron chi connectivity index (χ4n) is 6.65. The number of nitrogens with one attached hydrogen (secondary N) is 1. The van der Waals surface area contributed by atoms with Crippen molar-refractivity contribution in [1.29, 1.82) is 0 Å². The highest BCUT2D eigenvalue weighted by Crippen LogP contribution is 2.36. The second-order valence-corrected chi connectivity index (χ2v) is 12.4. The van der Waals surface area contributed by atoms with E-state index in [1.54, 1.807) is 7.11 Å². The van der Waals surface area contributed by atoms with Crippen molar-refractivity contribution in [2.45, 2.75) is 90.6 Å². The molecule has 0 bridgehead atoms. The molecular formula is C32H50N6O. The first-order valence-corrected chi connectivity index (χ1v) is 15.5. The van der Waals surface area contributed by atoms with E-state index >= 15 is 0 Å². The van der Waals surface area contributed by atoms with E-state index in [1.807, 2.05) is 0 Å². The molecule has 3 aliphatic rings. The maximum absolute atomic E-state index is 5.98. The van der Waals surface area contributed by atoms with Gasteiger partial charge in [-0.3, -0.25) is 4.90 Å². The molecule has 7 heteroatoms. The molecule has 0 aliphatic carbocycles. The fraction of sp³-hybridized carbons (Fsp3) is 0.688. The Kier molecular flexibility index (Phi) is 9.28. The van der Waals surface area contributed by atoms with Gasteiger partial charge in [-0.05, 0) is 90.9 Å². The van der Waals surface area contributed by atoms with Gasteiger partial charge in [0.1, 0.15) is 11.6 Å². The number of ether oxygens (including phenoxy) is 1. The SMILES string of the molecule is COc1cc2c(NC3CCN(C(C)C)CC3)nc(N3CCCCC3)nc2cc1[C@H](C)/C=C(/C)CN1CCCC1. The summed E-state index contributed by atoms with van der Waals surface area (Å²) in [5, 5.41) is 4.92. The van der Waals surface area contributed by atoms with Gasteiger partial charge >= 0.3 is 0 Å². The van der Waals surface area contributed by atoms with Gasteiger partial charge in [-0.25, -0.2) is 4.98 Å². The van der Waals surface area contributed by atoms with E-state index in [-0.39, 0.29) is 5.92 Å². The molecule has 4 heterocycles. The molecule has 2 aromatic rings. The average molecular weight is 535 g/mol. The molecule has 0 unspecified atom stereocenters. The number of fused-ring (bicyclic) bond motifs is 1. The molecule has 3 fully saturated rings. The molecule has 3 saturated heterocycles. The molecule has 1 atom stereocenters. The summed E-state index contributed by atoms with van der Waals surface area (Å²) in [4.78, 5) is 17.8. The number of allylic oxidation sites excluding steroid dienone is 1. The maximum atomic E-state index is 5.98. The zero-order chi connectivity index (χ0) is 27.4. The van der Waals surface area contributed by atoms with Gasteiger partial charge in [0.2, 0.25) is 5.95 Å². The van der Waals surface area contributed by atoms with E-state index in [9.17, 15) is 0 Å². The van der Waals surface area contributed by atoms with E-state index in [4.69, 9.17) is 14.7 Å². The molecule has 1 N–H and O–H groups in total. The lowest BCUT2D eigenvalue weighted by Crippen LogP contribution is -2.42. The van der Waals surface area contributed by atoms with Crippen molar-refractivity contribution in [3.05, 3.63) is 29.3 Å². The number of likely N-dealkylation sites (tertiary alicyclic amines) is 2. The first-order valence-electron chi connectivity index (χ1n) is 15.5. The standard InChI is InChI=1S/C32H50N6O/c1-23(2)37-17-11-26(12-18-37)33-31-28-21-30(39-5)27(25(4)19-24(3)22-36-13-9-10-14-36)20-29(28)34-32(35-31)38-15-7-6-8-16-38/h19-21,23,25-26H,6-18,22H2,1-5H3,(H,33,34,35)/b24-19-/t25-/m1/s1. The van der Waals surface area contributed by atoms with E-state index in [1.165, 1.54) is 56.3 Å². The molecule has 7 nitrogen and oxygen atoms in total. The first kappa shape index (κ1) is 28.2. The normalized spacial score (nSPS) is 21.2. The van der Waals surface area contributed by atoms with Crippen molar-refractivity contribution in [1.82, 2.24) is 19.8 Å². The predicted octanol–water partition coefficient (Wildman–Crippen LogP) is 6.06. The molecule has 0 radical (unpaired) electrons. The molecule has 0 saturated carbocycles. The summed E-state index contributed by atoms with van der Waals surface area (Å²) in [7, 11) is 1.79. The van der Waals surface area contributed by atoms with Crippen molar-refractivity contribution >= 4 is 22.7 Å². The van der Waals surface area contributed by atoms with Crippen molar-refractivity contribution in [3.8, 4) is 5.75 Å². The Hall–Kier alpha value is -2.38. The summed E-state index contributed by atoms with van der Waals surface area (Å²) in [6.07, 6.45) is 11.1. The van der Waals surface area contributed by atoms with Crippen LogP contribution < -0.4 is 15.0 Å². The van der Waals surface area contributed by atoms with Crippen LogP contribution in [0.25, 0.3) is 10.9 Å². The molecule has 5 rings (SSSR count). The molecule has 3 aliphatic heterocycles. The van der Waals surface area contributed by atoms with Crippen molar-refractivity contribution in [3.63, 3.8) is 0 Å². The number of hydrogen-bond donors (Lipinski definition) is 1. The van der Waals surface area contributed by atoms with Crippen LogP contribution in [0.5, 0.6) is 5.75 Å². The van der Waals surface area contributed by atoms with Crippen molar-refractivity contribution in [2.75, 3.05) is 63.1 Å². The lowest BCUT2D eigenvalue weighted by atomic mass is 9.96. The van der Waals surface area contributed by atoms with Gasteiger partial charge in [-0.1, -0.05) is 18.6 Å². The summed E-state index contributed by atoms with van der Waals surface area (Å²) in [5.41, 5.74) is 3.64. The van der Waals surface area contributed by atoms with Crippen LogP contribution >= 0.6 is 0 Å². The third kappa shape index (κ3) is 6.86. The predicted molar refractivity (Wildman–Crippen MR) is 163 cm³/mol. The fourth-order valence-corrected chi connectivity index (χ4v) is 6.65. The zero-order valence-corrected chi connectivity index (χ0v) is 25.0. The van der Waals surface area contributed by atoms with Gasteiger partial charge in [-0.2, -0.15) is 4.98 Å². The van der Waals surface area contributed by atoms with E-state index in [2.05, 4.69) is 65.9 Å². The molecular weight excluding hydrogens is 484 g/mol.